The summed E-state index contributed by atoms with van der Waals surface area (Å²) in [5.41, 5.74) is 10.9. The summed E-state index contributed by atoms with van der Waals surface area (Å²) in [5, 5.41) is 29.6. The maximum Gasteiger partial charge on any atom is 0.343 e. The van der Waals surface area contributed by atoms with Gasteiger partial charge in [-0.1, -0.05) is 202 Å². The van der Waals surface area contributed by atoms with Crippen molar-refractivity contribution in [3.8, 4) is 23.0 Å². The SMILES string of the molecule is CCCCCCCCc1ccc(N=Cc2ccc(C(=O)Oc3cccc(OC(=O)c4ccc(C=Nc5ccc(CCCCCCCC)cc5)cc4)c3)cc2)cc1.CCCCCCCCc1ccc(NCc2ccc(C(=O)O)cc2)cc1.Oc1cccc(O)c1. The van der Waals surface area contributed by atoms with Crippen LogP contribution in [0.5, 0.6) is 23.0 Å². The van der Waals surface area contributed by atoms with Crippen LogP contribution in [0.1, 0.15) is 201 Å². The fourth-order valence-electron chi connectivity index (χ4n) is 9.72. The minimum absolute atomic E-state index is 0.0880. The molecule has 0 amide bonds. The fourth-order valence-corrected chi connectivity index (χ4v) is 9.72. The number of phenolic OH excluding ortho intramolecular Hbond substituents is 2. The number of nitrogens with zero attached hydrogens (tertiary/aromatic N) is 2. The normalized spacial score (nSPS) is 10.9. The van der Waals surface area contributed by atoms with Gasteiger partial charge in [-0.15, -0.1) is 0 Å². The average Bonchev–Trinajstić information content (AvgIpc) is 3.65. The van der Waals surface area contributed by atoms with Gasteiger partial charge in [-0.05, 0) is 169 Å². The highest BCUT2D eigenvalue weighted by atomic mass is 16.5. The second-order valence-corrected chi connectivity index (χ2v) is 22.5. The summed E-state index contributed by atoms with van der Waals surface area (Å²) in [6.07, 6.45) is 30.5. The van der Waals surface area contributed by atoms with Gasteiger partial charge in [-0.3, -0.25) is 9.98 Å². The lowest BCUT2D eigenvalue weighted by molar-refractivity contribution is 0.0691. The van der Waals surface area contributed by atoms with Crippen molar-refractivity contribution in [1.29, 1.82) is 0 Å². The minimum Gasteiger partial charge on any atom is -0.508 e. The number of carboxylic acid groups (broad SMARTS) is 1. The van der Waals surface area contributed by atoms with E-state index >= 15 is 0 Å². The van der Waals surface area contributed by atoms with Gasteiger partial charge in [0.2, 0.25) is 0 Å². The first-order valence-corrected chi connectivity index (χ1v) is 32.1. The van der Waals surface area contributed by atoms with Crippen LogP contribution in [0, 0.1) is 0 Å². The topological polar surface area (TPSA) is 167 Å². The third-order valence-corrected chi connectivity index (χ3v) is 15.1. The van der Waals surface area contributed by atoms with Crippen LogP contribution >= 0.6 is 0 Å². The van der Waals surface area contributed by atoms with Crippen molar-refractivity contribution in [3.63, 3.8) is 0 Å². The maximum absolute atomic E-state index is 12.9. The molecule has 0 aliphatic heterocycles. The number of anilines is 1. The van der Waals surface area contributed by atoms with Crippen molar-refractivity contribution in [3.05, 3.63) is 244 Å². The Morgan fingerprint density at radius 3 is 1.11 bits per heavy atom. The number of aliphatic imine (C=N–C) groups is 2. The van der Waals surface area contributed by atoms with E-state index in [2.05, 4.69) is 84.6 Å². The molecule has 0 atom stereocenters. The molecule has 8 aromatic carbocycles. The van der Waals surface area contributed by atoms with Crippen LogP contribution in [0.15, 0.2) is 204 Å². The van der Waals surface area contributed by atoms with Crippen LogP contribution in [-0.4, -0.2) is 45.7 Å². The Bertz CT molecular complexity index is 3200. The van der Waals surface area contributed by atoms with Crippen molar-refractivity contribution in [1.82, 2.24) is 0 Å². The molecule has 4 N–H and O–H groups in total. The summed E-state index contributed by atoms with van der Waals surface area (Å²) in [6.45, 7) is 7.43. The molecule has 8 rings (SSSR count). The van der Waals surface area contributed by atoms with Gasteiger partial charge >= 0.3 is 17.9 Å². The smallest absolute Gasteiger partial charge is 0.343 e. The number of carbonyl (C=O) groups is 3. The molecule has 11 heteroatoms. The van der Waals surface area contributed by atoms with E-state index in [4.69, 9.17) is 24.8 Å². The number of unbranched alkanes of at least 4 members (excludes halogenated alkanes) is 15. The standard InChI is InChI=1S/C50H56N2O4.C22H29NO2.C6H6O2/c1-3-5-7-9-11-13-16-39-24-32-45(33-25-39)51-37-41-20-28-43(29-21-41)49(53)55-47-18-15-19-48(36-47)56-50(54)44-30-22-42(23-31-44)38-52-46-34-26-40(27-35-46)17-14-12-10-8-6-4-2;1-2-3-4-5-6-7-8-18-11-15-21(16-12-18)23-17-19-9-13-20(14-10-19)22(24)25;7-5-2-1-3-6(8)4-5/h15,18-38H,3-14,16-17H2,1-2H3;9-16,23H,2-8,17H2,1H3,(H,24,25);1-4,7-8H. The lowest BCUT2D eigenvalue weighted by atomic mass is 10.0. The number of aromatic carboxylic acids is 1. The number of hydrogen-bond donors (Lipinski definition) is 4. The van der Waals surface area contributed by atoms with Crippen LogP contribution in [-0.2, 0) is 25.8 Å². The first-order valence-electron chi connectivity index (χ1n) is 32.1. The molecule has 0 bridgehead atoms. The third kappa shape index (κ3) is 27.7. The van der Waals surface area contributed by atoms with Crippen molar-refractivity contribution in [2.24, 2.45) is 9.98 Å². The number of esters is 2. The molecule has 0 aliphatic carbocycles. The summed E-state index contributed by atoms with van der Waals surface area (Å²) < 4.78 is 11.2. The van der Waals surface area contributed by atoms with E-state index in [1.165, 1.54) is 157 Å². The van der Waals surface area contributed by atoms with Gasteiger partial charge in [0.25, 0.3) is 0 Å². The predicted octanol–water partition coefficient (Wildman–Crippen LogP) is 20.4. The van der Waals surface area contributed by atoms with Crippen molar-refractivity contribution >= 4 is 47.4 Å². The first kappa shape index (κ1) is 69.0. The van der Waals surface area contributed by atoms with Gasteiger partial charge in [0.05, 0.1) is 28.1 Å². The van der Waals surface area contributed by atoms with Crippen LogP contribution < -0.4 is 14.8 Å². The Morgan fingerprint density at radius 2 is 0.742 bits per heavy atom. The Balaban J connectivity index is 0.000000312. The number of rotatable bonds is 33. The number of ether oxygens (including phenoxy) is 2. The molecule has 0 unspecified atom stereocenters. The van der Waals surface area contributed by atoms with E-state index in [9.17, 15) is 14.4 Å². The number of phenols is 2. The van der Waals surface area contributed by atoms with Gasteiger partial charge in [0.1, 0.15) is 23.0 Å². The van der Waals surface area contributed by atoms with Gasteiger partial charge < -0.3 is 30.1 Å². The number of carbonyl (C=O) groups excluding carboxylic acids is 2. The number of carboxylic acids is 1. The number of nitrogens with one attached hydrogen (secondary N) is 1. The zero-order valence-electron chi connectivity index (χ0n) is 52.5. The maximum atomic E-state index is 12.9. The zero-order valence-corrected chi connectivity index (χ0v) is 52.5. The highest BCUT2D eigenvalue weighted by Crippen LogP contribution is 2.24. The number of benzene rings is 8. The van der Waals surface area contributed by atoms with E-state index in [0.29, 0.717) is 23.2 Å². The van der Waals surface area contributed by atoms with Gasteiger partial charge in [-0.25, -0.2) is 14.4 Å². The second kappa shape index (κ2) is 40.4. The molecule has 8 aromatic rings. The lowest BCUT2D eigenvalue weighted by Gasteiger charge is -2.08. The minimum atomic E-state index is -0.888. The Morgan fingerprint density at radius 1 is 0.393 bits per heavy atom. The van der Waals surface area contributed by atoms with Crippen molar-refractivity contribution < 1.29 is 39.2 Å². The molecule has 0 heterocycles. The van der Waals surface area contributed by atoms with E-state index < -0.39 is 17.9 Å². The Kier molecular flexibility index (Phi) is 31.3. The largest absolute Gasteiger partial charge is 0.508 e. The molecule has 466 valence electrons. The molecule has 0 saturated heterocycles. The Hall–Kier alpha value is -9.09. The highest BCUT2D eigenvalue weighted by molar-refractivity contribution is 5.94. The number of hydrogen-bond acceptors (Lipinski definition) is 10. The molecular formula is C78H91N3O8. The summed E-state index contributed by atoms with van der Waals surface area (Å²) in [7, 11) is 0. The van der Waals surface area contributed by atoms with Crippen LogP contribution in [0.2, 0.25) is 0 Å². The molecule has 89 heavy (non-hydrogen) atoms. The Labute approximate surface area is 528 Å². The average molecular weight is 1200 g/mol. The first-order chi connectivity index (χ1) is 43.5. The quantitative estimate of drug-likeness (QED) is 0.0135. The number of aromatic hydroxyl groups is 2. The van der Waals surface area contributed by atoms with Gasteiger partial charge in [0.15, 0.2) is 0 Å². The van der Waals surface area contributed by atoms with E-state index in [1.54, 1.807) is 73.1 Å². The van der Waals surface area contributed by atoms with Crippen molar-refractivity contribution in [2.45, 2.75) is 162 Å². The van der Waals surface area contributed by atoms with Gasteiger partial charge in [-0.2, -0.15) is 0 Å². The molecule has 11 nitrogen and oxygen atoms in total. The molecular weight excluding hydrogens is 1110 g/mol. The zero-order chi connectivity index (χ0) is 63.1. The molecule has 0 spiro atoms. The molecule has 0 aromatic heterocycles. The van der Waals surface area contributed by atoms with Gasteiger partial charge in [0, 0.05) is 36.8 Å². The van der Waals surface area contributed by atoms with E-state index in [1.807, 2.05) is 60.7 Å². The fraction of sp³-hybridized carbons (Fsp3) is 0.321. The summed E-state index contributed by atoms with van der Waals surface area (Å²) >= 11 is 0. The molecule has 0 radical (unpaired) electrons. The molecule has 0 saturated carbocycles. The van der Waals surface area contributed by atoms with E-state index in [0.717, 1.165) is 53.0 Å². The number of aryl methyl sites for hydroxylation is 3. The summed E-state index contributed by atoms with van der Waals surface area (Å²) in [6, 6.07) is 58.9. The lowest BCUT2D eigenvalue weighted by Crippen LogP contribution is -2.10. The van der Waals surface area contributed by atoms with Crippen molar-refractivity contribution in [2.75, 3.05) is 5.32 Å². The highest BCUT2D eigenvalue weighted by Gasteiger charge is 2.13. The molecule has 0 aliphatic rings. The third-order valence-electron chi connectivity index (χ3n) is 15.1. The molecule has 0 fully saturated rings. The second-order valence-electron chi connectivity index (χ2n) is 22.5. The monoisotopic (exact) mass is 1200 g/mol. The van der Waals surface area contributed by atoms with Crippen LogP contribution in [0.25, 0.3) is 0 Å². The van der Waals surface area contributed by atoms with Crippen LogP contribution in [0.4, 0.5) is 17.1 Å². The summed E-state index contributed by atoms with van der Waals surface area (Å²) in [5.74, 6) is -1.20. The van der Waals surface area contributed by atoms with Crippen LogP contribution in [0.3, 0.4) is 0 Å². The van der Waals surface area contributed by atoms with E-state index in [-0.39, 0.29) is 23.0 Å². The summed E-state index contributed by atoms with van der Waals surface area (Å²) in [4.78, 5) is 45.9. The predicted molar refractivity (Wildman–Crippen MR) is 365 cm³/mol.